The van der Waals surface area contributed by atoms with E-state index in [0.717, 1.165) is 19.2 Å². The van der Waals surface area contributed by atoms with Crippen molar-refractivity contribution in [3.63, 3.8) is 0 Å². The van der Waals surface area contributed by atoms with Crippen LogP contribution in [0, 0.1) is 17.5 Å². The minimum Gasteiger partial charge on any atom is -0.467 e. The maximum atomic E-state index is 13.6. The summed E-state index contributed by atoms with van der Waals surface area (Å²) in [5, 5.41) is 2.39. The predicted octanol–water partition coefficient (Wildman–Crippen LogP) is 2.55. The third kappa shape index (κ3) is 5.07. The van der Waals surface area contributed by atoms with Gasteiger partial charge in [-0.25, -0.2) is 18.0 Å². The van der Waals surface area contributed by atoms with E-state index in [4.69, 9.17) is 0 Å². The zero-order valence-electron chi connectivity index (χ0n) is 13.4. The van der Waals surface area contributed by atoms with Crippen LogP contribution in [0.2, 0.25) is 0 Å². The second-order valence-electron chi connectivity index (χ2n) is 5.35. The summed E-state index contributed by atoms with van der Waals surface area (Å²) in [4.78, 5) is 23.9. The van der Waals surface area contributed by atoms with E-state index in [1.165, 1.54) is 30.3 Å². The molecule has 1 N–H and O–H groups in total. The molecule has 7 heteroatoms. The molecule has 0 aliphatic rings. The van der Waals surface area contributed by atoms with Gasteiger partial charge in [-0.1, -0.05) is 18.2 Å². The van der Waals surface area contributed by atoms with Crippen LogP contribution in [0.1, 0.15) is 11.1 Å². The molecule has 0 saturated carbocycles. The number of methoxy groups -OCH3 is 1. The highest BCUT2D eigenvalue weighted by atomic mass is 19.1. The van der Waals surface area contributed by atoms with Crippen LogP contribution < -0.4 is 5.32 Å². The summed E-state index contributed by atoms with van der Waals surface area (Å²) in [5.74, 6) is -3.57. The second kappa shape index (κ2) is 8.32. The van der Waals surface area contributed by atoms with Gasteiger partial charge in [0.1, 0.15) is 23.5 Å². The SMILES string of the molecule is COC(=O)[C@H](Cc1ccc(F)cc1)NC(=O)Cc1c(F)cccc1F. The number of esters is 1. The van der Waals surface area contributed by atoms with Crippen LogP contribution in [0.15, 0.2) is 42.5 Å². The molecule has 2 aromatic rings. The molecule has 132 valence electrons. The molecule has 25 heavy (non-hydrogen) atoms. The molecule has 0 unspecified atom stereocenters. The Labute approximate surface area is 142 Å². The molecule has 0 bridgehead atoms. The Morgan fingerprint density at radius 3 is 2.20 bits per heavy atom. The van der Waals surface area contributed by atoms with Crippen molar-refractivity contribution in [3.8, 4) is 0 Å². The summed E-state index contributed by atoms with van der Waals surface area (Å²) in [5.41, 5.74) is 0.208. The summed E-state index contributed by atoms with van der Waals surface area (Å²) in [6.07, 6.45) is -0.506. The van der Waals surface area contributed by atoms with Gasteiger partial charge in [0, 0.05) is 12.0 Å². The topological polar surface area (TPSA) is 55.4 Å². The second-order valence-corrected chi connectivity index (χ2v) is 5.35. The number of ether oxygens (including phenoxy) is 1. The van der Waals surface area contributed by atoms with Gasteiger partial charge >= 0.3 is 5.97 Å². The van der Waals surface area contributed by atoms with Gasteiger partial charge in [0.25, 0.3) is 0 Å². The van der Waals surface area contributed by atoms with Crippen molar-refractivity contribution in [3.05, 3.63) is 71.0 Å². The van der Waals surface area contributed by atoms with Gasteiger partial charge in [0.2, 0.25) is 5.91 Å². The minimum atomic E-state index is -1.06. The van der Waals surface area contributed by atoms with E-state index in [1.807, 2.05) is 0 Å². The zero-order chi connectivity index (χ0) is 18.4. The third-order valence-corrected chi connectivity index (χ3v) is 3.57. The lowest BCUT2D eigenvalue weighted by Gasteiger charge is -2.17. The number of hydrogen-bond acceptors (Lipinski definition) is 3. The smallest absolute Gasteiger partial charge is 0.328 e. The molecule has 0 radical (unpaired) electrons. The average molecular weight is 351 g/mol. The van der Waals surface area contributed by atoms with Crippen LogP contribution in [0.3, 0.4) is 0 Å². The molecule has 0 aliphatic heterocycles. The summed E-state index contributed by atoms with van der Waals surface area (Å²) < 4.78 is 44.8. The first-order valence-electron chi connectivity index (χ1n) is 7.45. The first-order chi connectivity index (χ1) is 11.9. The molecule has 0 heterocycles. The van der Waals surface area contributed by atoms with Gasteiger partial charge in [0.05, 0.1) is 13.5 Å². The highest BCUT2D eigenvalue weighted by molar-refractivity contribution is 5.85. The Morgan fingerprint density at radius 2 is 1.64 bits per heavy atom. The number of halogens is 3. The quantitative estimate of drug-likeness (QED) is 0.814. The van der Waals surface area contributed by atoms with E-state index in [1.54, 1.807) is 0 Å². The van der Waals surface area contributed by atoms with Crippen molar-refractivity contribution in [1.29, 1.82) is 0 Å². The van der Waals surface area contributed by atoms with Crippen molar-refractivity contribution < 1.29 is 27.5 Å². The number of nitrogens with one attached hydrogen (secondary N) is 1. The Hall–Kier alpha value is -2.83. The maximum Gasteiger partial charge on any atom is 0.328 e. The molecular weight excluding hydrogens is 335 g/mol. The Morgan fingerprint density at radius 1 is 1.04 bits per heavy atom. The lowest BCUT2D eigenvalue weighted by molar-refractivity contribution is -0.145. The maximum absolute atomic E-state index is 13.6. The Kier molecular flexibility index (Phi) is 6.16. The molecule has 0 spiro atoms. The van der Waals surface area contributed by atoms with Crippen molar-refractivity contribution >= 4 is 11.9 Å². The van der Waals surface area contributed by atoms with Crippen molar-refractivity contribution in [2.75, 3.05) is 7.11 Å². The largest absolute Gasteiger partial charge is 0.467 e. The molecule has 0 fully saturated rings. The van der Waals surface area contributed by atoms with E-state index in [2.05, 4.69) is 10.1 Å². The highest BCUT2D eigenvalue weighted by Gasteiger charge is 2.23. The van der Waals surface area contributed by atoms with Gasteiger partial charge in [-0.15, -0.1) is 0 Å². The first-order valence-corrected chi connectivity index (χ1v) is 7.45. The molecule has 0 aliphatic carbocycles. The standard InChI is InChI=1S/C18H16F3NO3/c1-25-18(24)16(9-11-5-7-12(19)8-6-11)22-17(23)10-13-14(20)3-2-4-15(13)21/h2-8,16H,9-10H2,1H3,(H,22,23)/t16-/m0/s1. The van der Waals surface area contributed by atoms with Crippen LogP contribution in [0.25, 0.3) is 0 Å². The lowest BCUT2D eigenvalue weighted by atomic mass is 10.0. The molecule has 4 nitrogen and oxygen atoms in total. The summed E-state index contributed by atoms with van der Waals surface area (Å²) in [6.45, 7) is 0. The summed E-state index contributed by atoms with van der Waals surface area (Å²) >= 11 is 0. The van der Waals surface area contributed by atoms with Crippen molar-refractivity contribution in [2.24, 2.45) is 0 Å². The van der Waals surface area contributed by atoms with Gasteiger partial charge in [-0.3, -0.25) is 4.79 Å². The molecular formula is C18H16F3NO3. The normalized spacial score (nSPS) is 11.7. The minimum absolute atomic E-state index is 0.0540. The van der Waals surface area contributed by atoms with E-state index in [-0.39, 0.29) is 12.0 Å². The Balaban J connectivity index is 2.09. The van der Waals surface area contributed by atoms with Crippen molar-refractivity contribution in [1.82, 2.24) is 5.32 Å². The fourth-order valence-electron chi connectivity index (χ4n) is 2.30. The van der Waals surface area contributed by atoms with Gasteiger partial charge in [-0.2, -0.15) is 0 Å². The number of amides is 1. The molecule has 2 rings (SSSR count). The van der Waals surface area contributed by atoms with E-state index in [0.29, 0.717) is 5.56 Å². The van der Waals surface area contributed by atoms with E-state index >= 15 is 0 Å². The van der Waals surface area contributed by atoms with Crippen LogP contribution in [-0.4, -0.2) is 25.0 Å². The van der Waals surface area contributed by atoms with E-state index in [9.17, 15) is 22.8 Å². The van der Waals surface area contributed by atoms with Gasteiger partial charge < -0.3 is 10.1 Å². The van der Waals surface area contributed by atoms with Crippen molar-refractivity contribution in [2.45, 2.75) is 18.9 Å². The van der Waals surface area contributed by atoms with Crippen LogP contribution in [-0.2, 0) is 27.2 Å². The monoisotopic (exact) mass is 351 g/mol. The average Bonchev–Trinajstić information content (AvgIpc) is 2.59. The molecule has 2 aromatic carbocycles. The predicted molar refractivity (Wildman–Crippen MR) is 84.1 cm³/mol. The number of benzene rings is 2. The van der Waals surface area contributed by atoms with Crippen LogP contribution in [0.4, 0.5) is 13.2 Å². The van der Waals surface area contributed by atoms with Gasteiger partial charge in [-0.05, 0) is 29.8 Å². The summed E-state index contributed by atoms with van der Waals surface area (Å²) in [7, 11) is 1.16. The van der Waals surface area contributed by atoms with Gasteiger partial charge in [0.15, 0.2) is 0 Å². The molecule has 1 atom stereocenters. The molecule has 1 amide bonds. The van der Waals surface area contributed by atoms with Crippen LogP contribution >= 0.6 is 0 Å². The number of rotatable bonds is 6. The first kappa shape index (κ1) is 18.5. The molecule has 0 aromatic heterocycles. The number of hydrogen-bond donors (Lipinski definition) is 1. The van der Waals surface area contributed by atoms with Crippen LogP contribution in [0.5, 0.6) is 0 Å². The van der Waals surface area contributed by atoms with E-state index < -0.39 is 41.8 Å². The zero-order valence-corrected chi connectivity index (χ0v) is 13.4. The third-order valence-electron chi connectivity index (χ3n) is 3.57. The number of carbonyl (C=O) groups is 2. The summed E-state index contributed by atoms with van der Waals surface area (Å²) in [6, 6.07) is 7.60. The Bertz CT molecular complexity index is 742. The highest BCUT2D eigenvalue weighted by Crippen LogP contribution is 2.13. The molecule has 0 saturated heterocycles. The number of carbonyl (C=O) groups excluding carboxylic acids is 2. The fraction of sp³-hybridized carbons (Fsp3) is 0.222. The lowest BCUT2D eigenvalue weighted by Crippen LogP contribution is -2.43. The fourth-order valence-corrected chi connectivity index (χ4v) is 2.30.